The van der Waals surface area contributed by atoms with Crippen molar-refractivity contribution in [3.05, 3.63) is 89.6 Å². The number of aliphatic hydroxyl groups excluding tert-OH is 1. The first-order valence-corrected chi connectivity index (χ1v) is 10.5. The Morgan fingerprint density at radius 3 is 2.39 bits per heavy atom. The molecule has 3 aromatic rings. The van der Waals surface area contributed by atoms with Gasteiger partial charge in [0.05, 0.1) is 24.8 Å². The van der Waals surface area contributed by atoms with Crippen LogP contribution in [0.25, 0.3) is 5.76 Å². The average molecular weight is 444 g/mol. The van der Waals surface area contributed by atoms with Gasteiger partial charge >= 0.3 is 5.91 Å². The number of amides is 1. The van der Waals surface area contributed by atoms with E-state index < -0.39 is 17.7 Å². The highest BCUT2D eigenvalue weighted by molar-refractivity contribution is 6.51. The fraction of sp³-hybridized carbons (Fsp3) is 0.192. The van der Waals surface area contributed by atoms with Crippen molar-refractivity contribution in [1.29, 1.82) is 0 Å². The van der Waals surface area contributed by atoms with Crippen LogP contribution in [0, 0.1) is 0 Å². The molecule has 7 nitrogen and oxygen atoms in total. The first kappa shape index (κ1) is 22.1. The van der Waals surface area contributed by atoms with Gasteiger partial charge in [-0.05, 0) is 67.9 Å². The molecule has 0 bridgehead atoms. The summed E-state index contributed by atoms with van der Waals surface area (Å²) in [5.41, 5.74) is 0.995. The van der Waals surface area contributed by atoms with Crippen LogP contribution in [0.5, 0.6) is 11.5 Å². The van der Waals surface area contributed by atoms with Gasteiger partial charge in [0.2, 0.25) is 0 Å². The van der Waals surface area contributed by atoms with Crippen LogP contribution in [0.2, 0.25) is 0 Å². The first-order valence-electron chi connectivity index (χ1n) is 10.5. The molecule has 33 heavy (non-hydrogen) atoms. The van der Waals surface area contributed by atoms with Crippen LogP contribution in [-0.2, 0) is 9.59 Å². The van der Waals surface area contributed by atoms with Crippen molar-refractivity contribution in [2.45, 2.75) is 26.0 Å². The van der Waals surface area contributed by atoms with E-state index in [1.807, 2.05) is 13.8 Å². The number of Topliss-reactive ketones (excluding diaryl/α,β-unsaturated/α-hetero) is 1. The van der Waals surface area contributed by atoms with E-state index in [1.54, 1.807) is 72.9 Å². The second-order valence-electron chi connectivity index (χ2n) is 7.82. The Labute approximate surface area is 191 Å². The maximum absolute atomic E-state index is 13.2. The third-order valence-electron chi connectivity index (χ3n) is 5.25. The van der Waals surface area contributed by atoms with Gasteiger partial charge in [-0.3, -0.25) is 14.5 Å². The number of ketones is 1. The minimum Gasteiger partial charge on any atom is -0.507 e. The summed E-state index contributed by atoms with van der Waals surface area (Å²) in [5.74, 6) is -0.298. The largest absolute Gasteiger partial charge is 0.507 e. The first-order chi connectivity index (χ1) is 15.9. The van der Waals surface area contributed by atoms with Crippen molar-refractivity contribution in [2.24, 2.45) is 0 Å². The second-order valence-corrected chi connectivity index (χ2v) is 7.82. The van der Waals surface area contributed by atoms with E-state index in [0.29, 0.717) is 28.4 Å². The van der Waals surface area contributed by atoms with Crippen LogP contribution >= 0.6 is 0 Å². The number of rotatable bonds is 6. The maximum Gasteiger partial charge on any atom is 0.301 e. The Hall–Kier alpha value is -4.13. The Balaban J connectivity index is 1.87. The molecule has 1 aromatic heterocycles. The molecular formula is C26H24N2O5. The minimum atomic E-state index is -0.874. The molecule has 0 aliphatic carbocycles. The molecule has 0 spiro atoms. The van der Waals surface area contributed by atoms with Gasteiger partial charge in [-0.1, -0.05) is 18.2 Å². The van der Waals surface area contributed by atoms with E-state index in [9.17, 15) is 14.7 Å². The normalized spacial score (nSPS) is 17.5. The number of carbonyl (C=O) groups excluding carboxylic acids is 2. The number of ether oxygens (including phenoxy) is 2. The van der Waals surface area contributed by atoms with Gasteiger partial charge < -0.3 is 14.6 Å². The molecule has 1 N–H and O–H groups in total. The third-order valence-corrected chi connectivity index (χ3v) is 5.25. The summed E-state index contributed by atoms with van der Waals surface area (Å²) in [6.45, 7) is 3.84. The molecule has 0 radical (unpaired) electrons. The van der Waals surface area contributed by atoms with Crippen LogP contribution in [0.15, 0.2) is 78.5 Å². The summed E-state index contributed by atoms with van der Waals surface area (Å²) >= 11 is 0. The molecule has 2 heterocycles. The lowest BCUT2D eigenvalue weighted by Gasteiger charge is -2.24. The van der Waals surface area contributed by atoms with E-state index in [0.717, 1.165) is 0 Å². The van der Waals surface area contributed by atoms with Gasteiger partial charge in [0.1, 0.15) is 23.1 Å². The molecule has 1 amide bonds. The number of aromatic nitrogens is 1. The van der Waals surface area contributed by atoms with Crippen molar-refractivity contribution < 1.29 is 24.2 Å². The number of pyridine rings is 1. The quantitative estimate of drug-likeness (QED) is 0.342. The average Bonchev–Trinajstić information content (AvgIpc) is 3.10. The smallest absolute Gasteiger partial charge is 0.301 e. The molecule has 168 valence electrons. The van der Waals surface area contributed by atoms with Gasteiger partial charge in [-0.2, -0.15) is 0 Å². The Kier molecular flexibility index (Phi) is 6.13. The molecule has 0 saturated carbocycles. The van der Waals surface area contributed by atoms with Gasteiger partial charge in [-0.15, -0.1) is 0 Å². The Bertz CT molecular complexity index is 1200. The van der Waals surface area contributed by atoms with E-state index in [2.05, 4.69) is 4.98 Å². The lowest BCUT2D eigenvalue weighted by Crippen LogP contribution is -2.30. The fourth-order valence-electron chi connectivity index (χ4n) is 3.81. The third kappa shape index (κ3) is 4.30. The molecular weight excluding hydrogens is 420 g/mol. The molecule has 1 atom stereocenters. The number of hydrogen-bond acceptors (Lipinski definition) is 6. The number of carbonyl (C=O) groups is 2. The van der Waals surface area contributed by atoms with E-state index in [-0.39, 0.29) is 17.4 Å². The van der Waals surface area contributed by atoms with Gasteiger partial charge in [-0.25, -0.2) is 4.98 Å². The number of nitrogens with zero attached hydrogens (tertiary/aromatic N) is 2. The molecule has 1 fully saturated rings. The lowest BCUT2D eigenvalue weighted by molar-refractivity contribution is -0.132. The van der Waals surface area contributed by atoms with Crippen molar-refractivity contribution in [1.82, 2.24) is 4.98 Å². The SMILES string of the molecule is COc1cccc(C2/C(=C(/O)c3ccc(OC(C)C)cc3)C(=O)C(=O)N2c2ccccn2)c1. The highest BCUT2D eigenvalue weighted by Gasteiger charge is 2.47. The summed E-state index contributed by atoms with van der Waals surface area (Å²) in [4.78, 5) is 31.8. The van der Waals surface area contributed by atoms with Crippen molar-refractivity contribution >= 4 is 23.3 Å². The van der Waals surface area contributed by atoms with E-state index in [4.69, 9.17) is 9.47 Å². The summed E-state index contributed by atoms with van der Waals surface area (Å²) in [5, 5.41) is 11.2. The number of anilines is 1. The highest BCUT2D eigenvalue weighted by atomic mass is 16.5. The minimum absolute atomic E-state index is 0.00112. The van der Waals surface area contributed by atoms with Gasteiger partial charge in [0.25, 0.3) is 5.78 Å². The molecule has 1 aliphatic heterocycles. The highest BCUT2D eigenvalue weighted by Crippen LogP contribution is 2.42. The molecule has 2 aromatic carbocycles. The predicted octanol–water partition coefficient (Wildman–Crippen LogP) is 4.50. The molecule has 1 unspecified atom stereocenters. The molecule has 4 rings (SSSR count). The number of aliphatic hydroxyl groups is 1. The van der Waals surface area contributed by atoms with Crippen LogP contribution in [-0.4, -0.2) is 35.0 Å². The number of benzene rings is 2. The fourth-order valence-corrected chi connectivity index (χ4v) is 3.81. The summed E-state index contributed by atoms with van der Waals surface area (Å²) in [6, 6.07) is 18.0. The summed E-state index contributed by atoms with van der Waals surface area (Å²) < 4.78 is 11.0. The van der Waals surface area contributed by atoms with Crippen molar-refractivity contribution in [3.63, 3.8) is 0 Å². The van der Waals surface area contributed by atoms with Crippen molar-refractivity contribution in [2.75, 3.05) is 12.0 Å². The zero-order valence-corrected chi connectivity index (χ0v) is 18.6. The Morgan fingerprint density at radius 1 is 1.00 bits per heavy atom. The van der Waals surface area contributed by atoms with E-state index in [1.165, 1.54) is 12.0 Å². The monoisotopic (exact) mass is 444 g/mol. The van der Waals surface area contributed by atoms with Gasteiger partial charge in [0.15, 0.2) is 0 Å². The molecule has 1 saturated heterocycles. The molecule has 1 aliphatic rings. The zero-order valence-electron chi connectivity index (χ0n) is 18.6. The predicted molar refractivity (Wildman–Crippen MR) is 124 cm³/mol. The summed E-state index contributed by atoms with van der Waals surface area (Å²) in [7, 11) is 1.54. The van der Waals surface area contributed by atoms with E-state index >= 15 is 0 Å². The topological polar surface area (TPSA) is 89.0 Å². The standard InChI is InChI=1S/C26H24N2O5/c1-16(2)33-19-12-10-17(11-13-19)24(29)22-23(18-7-6-8-20(15-18)32-3)28(26(31)25(22)30)21-9-4-5-14-27-21/h4-16,23,29H,1-3H3/b24-22-. The maximum atomic E-state index is 13.2. The van der Waals surface area contributed by atoms with Crippen LogP contribution in [0.1, 0.15) is 31.0 Å². The van der Waals surface area contributed by atoms with Crippen molar-refractivity contribution in [3.8, 4) is 11.5 Å². The van der Waals surface area contributed by atoms with Crippen LogP contribution in [0.4, 0.5) is 5.82 Å². The van der Waals surface area contributed by atoms with Crippen LogP contribution in [0.3, 0.4) is 0 Å². The Morgan fingerprint density at radius 2 is 1.76 bits per heavy atom. The summed E-state index contributed by atoms with van der Waals surface area (Å²) in [6.07, 6.45) is 1.55. The second kappa shape index (κ2) is 9.16. The van der Waals surface area contributed by atoms with Gasteiger partial charge in [0, 0.05) is 11.8 Å². The zero-order chi connectivity index (χ0) is 23.5. The lowest BCUT2D eigenvalue weighted by atomic mass is 9.95. The number of hydrogen-bond donors (Lipinski definition) is 1. The van der Waals surface area contributed by atoms with Crippen LogP contribution < -0.4 is 14.4 Å². The molecule has 7 heteroatoms. The number of methoxy groups -OCH3 is 1.